The van der Waals surface area contributed by atoms with E-state index in [0.29, 0.717) is 0 Å². The van der Waals surface area contributed by atoms with Crippen LogP contribution < -0.4 is 0 Å². The average molecular weight is 279 g/mol. The zero-order valence-electron chi connectivity index (χ0n) is 13.5. The van der Waals surface area contributed by atoms with Gasteiger partial charge in [0, 0.05) is 30.7 Å². The van der Waals surface area contributed by atoms with E-state index in [2.05, 4.69) is 55.8 Å². The molecule has 0 amide bonds. The lowest BCUT2D eigenvalue weighted by Gasteiger charge is -2.29. The highest BCUT2D eigenvalue weighted by Crippen LogP contribution is 2.29. The molecule has 114 valence electrons. The molecule has 1 aliphatic heterocycles. The third kappa shape index (κ3) is 4.06. The Hall–Kier alpha value is -0.870. The van der Waals surface area contributed by atoms with Gasteiger partial charge in [-0.25, -0.2) is 0 Å². The number of nitrogens with one attached hydrogen (secondary N) is 1. The lowest BCUT2D eigenvalue weighted by atomic mass is 9.87. The topological polar surface area (TPSA) is 52.1 Å². The smallest absolute Gasteiger partial charge is 0.0678 e. The molecule has 0 radical (unpaired) electrons. The van der Waals surface area contributed by atoms with Crippen molar-refractivity contribution >= 4 is 0 Å². The standard InChI is InChI=1S/C16H29N3O/c1-15(2,3)14-8-12(17-18-14)10-19-7-6-13(20)9-16(4,5)11-19/h8,13,20H,6-7,9-11H2,1-5H3,(H,17,18)/t13-/m1/s1. The lowest BCUT2D eigenvalue weighted by molar-refractivity contribution is 0.121. The molecule has 20 heavy (non-hydrogen) atoms. The Morgan fingerprint density at radius 1 is 1.45 bits per heavy atom. The fourth-order valence-electron chi connectivity index (χ4n) is 3.02. The summed E-state index contributed by atoms with van der Waals surface area (Å²) in [6.07, 6.45) is 1.59. The highest BCUT2D eigenvalue weighted by atomic mass is 16.3. The van der Waals surface area contributed by atoms with Gasteiger partial charge in [0.05, 0.1) is 11.8 Å². The lowest BCUT2D eigenvalue weighted by Crippen LogP contribution is -2.32. The second-order valence-corrected chi connectivity index (χ2v) is 8.05. The number of aromatic nitrogens is 2. The van der Waals surface area contributed by atoms with Gasteiger partial charge in [-0.2, -0.15) is 5.10 Å². The van der Waals surface area contributed by atoms with Gasteiger partial charge >= 0.3 is 0 Å². The summed E-state index contributed by atoms with van der Waals surface area (Å²) < 4.78 is 0. The number of hydrogen-bond acceptors (Lipinski definition) is 3. The van der Waals surface area contributed by atoms with Crippen LogP contribution in [0, 0.1) is 5.41 Å². The second kappa shape index (κ2) is 5.49. The summed E-state index contributed by atoms with van der Waals surface area (Å²) in [5.41, 5.74) is 2.54. The molecule has 2 N–H and O–H groups in total. The van der Waals surface area contributed by atoms with Crippen molar-refractivity contribution in [2.75, 3.05) is 13.1 Å². The molecule has 0 aliphatic carbocycles. The molecule has 0 spiro atoms. The van der Waals surface area contributed by atoms with Crippen molar-refractivity contribution in [2.45, 2.75) is 65.5 Å². The zero-order chi connectivity index (χ0) is 15.0. The van der Waals surface area contributed by atoms with Crippen LogP contribution in [0.15, 0.2) is 6.07 Å². The number of aliphatic hydroxyl groups excluding tert-OH is 1. The fourth-order valence-corrected chi connectivity index (χ4v) is 3.02. The molecular formula is C16H29N3O. The Labute approximate surface area is 122 Å². The third-order valence-corrected chi connectivity index (χ3v) is 4.01. The Balaban J connectivity index is 2.04. The van der Waals surface area contributed by atoms with Crippen LogP contribution in [0.1, 0.15) is 58.8 Å². The van der Waals surface area contributed by atoms with Gasteiger partial charge in [0.2, 0.25) is 0 Å². The molecule has 2 rings (SSSR count). The molecule has 1 aromatic heterocycles. The Morgan fingerprint density at radius 3 is 2.75 bits per heavy atom. The van der Waals surface area contributed by atoms with E-state index < -0.39 is 0 Å². The third-order valence-electron chi connectivity index (χ3n) is 4.01. The fraction of sp³-hybridized carbons (Fsp3) is 0.812. The van der Waals surface area contributed by atoms with Crippen molar-refractivity contribution in [1.29, 1.82) is 0 Å². The van der Waals surface area contributed by atoms with E-state index in [9.17, 15) is 5.11 Å². The van der Waals surface area contributed by atoms with E-state index in [1.807, 2.05) is 0 Å². The summed E-state index contributed by atoms with van der Waals surface area (Å²) in [6, 6.07) is 2.17. The number of likely N-dealkylation sites (tertiary alicyclic amines) is 1. The minimum atomic E-state index is -0.165. The average Bonchev–Trinajstić information content (AvgIpc) is 2.67. The molecular weight excluding hydrogens is 250 g/mol. The Kier molecular flexibility index (Phi) is 4.26. The summed E-state index contributed by atoms with van der Waals surface area (Å²) in [4.78, 5) is 2.43. The molecule has 0 saturated carbocycles. The van der Waals surface area contributed by atoms with E-state index in [1.54, 1.807) is 0 Å². The molecule has 2 heterocycles. The van der Waals surface area contributed by atoms with Gasteiger partial charge in [-0.05, 0) is 24.3 Å². The number of nitrogens with zero attached hydrogens (tertiary/aromatic N) is 2. The highest BCUT2D eigenvalue weighted by molar-refractivity contribution is 5.16. The molecule has 1 aliphatic rings. The minimum Gasteiger partial charge on any atom is -0.393 e. The van der Waals surface area contributed by atoms with Crippen LogP contribution >= 0.6 is 0 Å². The molecule has 4 heteroatoms. The molecule has 4 nitrogen and oxygen atoms in total. The van der Waals surface area contributed by atoms with Gasteiger partial charge in [-0.1, -0.05) is 34.6 Å². The Bertz CT molecular complexity index is 445. The van der Waals surface area contributed by atoms with Crippen molar-refractivity contribution in [3.63, 3.8) is 0 Å². The molecule has 0 bridgehead atoms. The predicted octanol–water partition coefficient (Wildman–Crippen LogP) is 2.69. The van der Waals surface area contributed by atoms with Gasteiger partial charge in [-0.15, -0.1) is 0 Å². The van der Waals surface area contributed by atoms with Crippen LogP contribution in [-0.2, 0) is 12.0 Å². The molecule has 1 atom stereocenters. The maximum absolute atomic E-state index is 9.97. The first-order valence-corrected chi connectivity index (χ1v) is 7.61. The van der Waals surface area contributed by atoms with Gasteiger partial charge < -0.3 is 5.11 Å². The van der Waals surface area contributed by atoms with Gasteiger partial charge in [0.15, 0.2) is 0 Å². The van der Waals surface area contributed by atoms with Gasteiger partial charge in [0.1, 0.15) is 0 Å². The van der Waals surface area contributed by atoms with E-state index in [1.165, 1.54) is 5.69 Å². The SMILES string of the molecule is CC1(C)C[C@H](O)CCN(Cc2cc(C(C)(C)C)n[nH]2)C1. The largest absolute Gasteiger partial charge is 0.393 e. The van der Waals surface area contributed by atoms with Crippen molar-refractivity contribution in [1.82, 2.24) is 15.1 Å². The van der Waals surface area contributed by atoms with Crippen LogP contribution in [0.3, 0.4) is 0 Å². The van der Waals surface area contributed by atoms with E-state index in [4.69, 9.17) is 0 Å². The molecule has 1 fully saturated rings. The number of rotatable bonds is 2. The van der Waals surface area contributed by atoms with Gasteiger partial charge in [-0.3, -0.25) is 10.00 Å². The second-order valence-electron chi connectivity index (χ2n) is 8.05. The summed E-state index contributed by atoms with van der Waals surface area (Å²) in [7, 11) is 0. The van der Waals surface area contributed by atoms with Crippen molar-refractivity contribution < 1.29 is 5.11 Å². The quantitative estimate of drug-likeness (QED) is 0.875. The summed E-state index contributed by atoms with van der Waals surface area (Å²) >= 11 is 0. The number of H-pyrrole nitrogens is 1. The van der Waals surface area contributed by atoms with Crippen molar-refractivity contribution in [2.24, 2.45) is 5.41 Å². The van der Waals surface area contributed by atoms with E-state index in [-0.39, 0.29) is 16.9 Å². The molecule has 0 unspecified atom stereocenters. The van der Waals surface area contributed by atoms with Crippen LogP contribution in [0.25, 0.3) is 0 Å². The molecule has 1 saturated heterocycles. The summed E-state index contributed by atoms with van der Waals surface area (Å²) in [5.74, 6) is 0. The van der Waals surface area contributed by atoms with Gasteiger partial charge in [0.25, 0.3) is 0 Å². The summed E-state index contributed by atoms with van der Waals surface area (Å²) in [6.45, 7) is 13.9. The zero-order valence-corrected chi connectivity index (χ0v) is 13.5. The predicted molar refractivity (Wildman–Crippen MR) is 81.6 cm³/mol. The normalized spacial score (nSPS) is 24.6. The van der Waals surface area contributed by atoms with Crippen LogP contribution in [0.2, 0.25) is 0 Å². The highest BCUT2D eigenvalue weighted by Gasteiger charge is 2.29. The first kappa shape index (κ1) is 15.5. The first-order valence-electron chi connectivity index (χ1n) is 7.61. The van der Waals surface area contributed by atoms with Crippen molar-refractivity contribution in [3.05, 3.63) is 17.5 Å². The maximum Gasteiger partial charge on any atom is 0.0678 e. The Morgan fingerprint density at radius 2 is 2.15 bits per heavy atom. The monoisotopic (exact) mass is 279 g/mol. The molecule has 0 aromatic carbocycles. The first-order chi connectivity index (χ1) is 9.16. The minimum absolute atomic E-state index is 0.0863. The van der Waals surface area contributed by atoms with Crippen LogP contribution in [0.5, 0.6) is 0 Å². The number of aromatic amines is 1. The van der Waals surface area contributed by atoms with E-state index in [0.717, 1.165) is 38.2 Å². The van der Waals surface area contributed by atoms with Crippen LogP contribution in [-0.4, -0.2) is 39.4 Å². The summed E-state index contributed by atoms with van der Waals surface area (Å²) in [5, 5.41) is 17.6. The number of aliphatic hydroxyl groups is 1. The van der Waals surface area contributed by atoms with E-state index >= 15 is 0 Å². The van der Waals surface area contributed by atoms with Crippen molar-refractivity contribution in [3.8, 4) is 0 Å². The van der Waals surface area contributed by atoms with Crippen LogP contribution in [0.4, 0.5) is 0 Å². The number of hydrogen-bond donors (Lipinski definition) is 2. The maximum atomic E-state index is 9.97. The molecule has 1 aromatic rings.